The minimum absolute atomic E-state index is 0.184. The number of anilines is 2. The highest BCUT2D eigenvalue weighted by atomic mass is 16.5. The summed E-state index contributed by atoms with van der Waals surface area (Å²) in [4.78, 5) is 11.3. The Morgan fingerprint density at radius 1 is 1.21 bits per heavy atom. The fourth-order valence-electron chi connectivity index (χ4n) is 2.41. The minimum Gasteiger partial charge on any atom is -0.381 e. The summed E-state index contributed by atoms with van der Waals surface area (Å²) < 4.78 is 5.64. The van der Waals surface area contributed by atoms with Gasteiger partial charge in [0.05, 0.1) is 29.8 Å². The number of aromatic nitrogens is 2. The quantitative estimate of drug-likeness (QED) is 0.845. The zero-order valence-corrected chi connectivity index (χ0v) is 11.2. The van der Waals surface area contributed by atoms with Crippen LogP contribution in [-0.4, -0.2) is 35.3 Å². The topological polar surface area (TPSA) is 64.3 Å². The van der Waals surface area contributed by atoms with E-state index in [1.807, 2.05) is 24.3 Å². The van der Waals surface area contributed by atoms with Crippen LogP contribution in [0.5, 0.6) is 0 Å². The fraction of sp³-hybridized carbons (Fsp3) is 0.429. The standard InChI is InChI=1S/C14H18N4O/c1-9-8-19-10(2)7-18(9)14-13(15)16-11-5-3-4-6-12(11)17-14/h3-6,9-10H,7-8H2,1-2H3,(H2,15,16). The van der Waals surface area contributed by atoms with Crippen LogP contribution in [-0.2, 0) is 4.74 Å². The summed E-state index contributed by atoms with van der Waals surface area (Å²) >= 11 is 0. The van der Waals surface area contributed by atoms with E-state index in [9.17, 15) is 0 Å². The summed E-state index contributed by atoms with van der Waals surface area (Å²) in [5, 5.41) is 0. The minimum atomic E-state index is 0.184. The summed E-state index contributed by atoms with van der Waals surface area (Å²) in [6.45, 7) is 5.65. The Hall–Kier alpha value is -1.88. The molecule has 1 aromatic carbocycles. The van der Waals surface area contributed by atoms with Crippen LogP contribution < -0.4 is 10.6 Å². The molecule has 0 aliphatic carbocycles. The molecule has 0 radical (unpaired) electrons. The molecule has 0 spiro atoms. The van der Waals surface area contributed by atoms with Gasteiger partial charge in [-0.15, -0.1) is 0 Å². The molecule has 0 amide bonds. The second-order valence-corrected chi connectivity index (χ2v) is 5.07. The van der Waals surface area contributed by atoms with Crippen LogP contribution in [0.25, 0.3) is 11.0 Å². The first-order valence-corrected chi connectivity index (χ1v) is 6.55. The first-order chi connectivity index (χ1) is 9.15. The van der Waals surface area contributed by atoms with Gasteiger partial charge in [0.2, 0.25) is 0 Å². The van der Waals surface area contributed by atoms with Gasteiger partial charge in [-0.2, -0.15) is 0 Å². The number of para-hydroxylation sites is 2. The van der Waals surface area contributed by atoms with Crippen LogP contribution in [0, 0.1) is 0 Å². The van der Waals surface area contributed by atoms with E-state index in [-0.39, 0.29) is 12.1 Å². The Morgan fingerprint density at radius 3 is 2.63 bits per heavy atom. The number of fused-ring (bicyclic) bond motifs is 1. The van der Waals surface area contributed by atoms with Crippen LogP contribution in [0.3, 0.4) is 0 Å². The van der Waals surface area contributed by atoms with E-state index in [4.69, 9.17) is 10.5 Å². The second kappa shape index (κ2) is 4.66. The van der Waals surface area contributed by atoms with Gasteiger partial charge in [-0.25, -0.2) is 9.97 Å². The smallest absolute Gasteiger partial charge is 0.172 e. The van der Waals surface area contributed by atoms with E-state index in [1.54, 1.807) is 0 Å². The van der Waals surface area contributed by atoms with Gasteiger partial charge in [0, 0.05) is 6.54 Å². The highest BCUT2D eigenvalue weighted by Gasteiger charge is 2.26. The molecular weight excluding hydrogens is 240 g/mol. The van der Waals surface area contributed by atoms with Crippen molar-refractivity contribution in [2.45, 2.75) is 26.0 Å². The summed E-state index contributed by atoms with van der Waals surface area (Å²) in [5.41, 5.74) is 7.77. The second-order valence-electron chi connectivity index (χ2n) is 5.07. The largest absolute Gasteiger partial charge is 0.381 e. The van der Waals surface area contributed by atoms with Crippen LogP contribution in [0.4, 0.5) is 11.6 Å². The molecule has 1 aliphatic rings. The molecule has 100 valence electrons. The van der Waals surface area contributed by atoms with Crippen LogP contribution in [0.15, 0.2) is 24.3 Å². The van der Waals surface area contributed by atoms with Crippen molar-refractivity contribution in [2.75, 3.05) is 23.8 Å². The number of hydrogen-bond donors (Lipinski definition) is 1. The van der Waals surface area contributed by atoms with Gasteiger partial charge >= 0.3 is 0 Å². The van der Waals surface area contributed by atoms with Crippen molar-refractivity contribution in [3.8, 4) is 0 Å². The Kier molecular flexibility index (Phi) is 2.98. The highest BCUT2D eigenvalue weighted by Crippen LogP contribution is 2.26. The molecule has 19 heavy (non-hydrogen) atoms. The molecule has 2 N–H and O–H groups in total. The number of morpholine rings is 1. The highest BCUT2D eigenvalue weighted by molar-refractivity contribution is 5.79. The fourth-order valence-corrected chi connectivity index (χ4v) is 2.41. The summed E-state index contributed by atoms with van der Waals surface area (Å²) in [6.07, 6.45) is 0.184. The predicted molar refractivity (Wildman–Crippen MR) is 76.2 cm³/mol. The number of nitrogen functional groups attached to an aromatic ring is 1. The van der Waals surface area contributed by atoms with E-state index < -0.39 is 0 Å². The predicted octanol–water partition coefficient (Wildman–Crippen LogP) is 1.83. The molecule has 1 saturated heterocycles. The van der Waals surface area contributed by atoms with Crippen molar-refractivity contribution in [3.63, 3.8) is 0 Å². The lowest BCUT2D eigenvalue weighted by Gasteiger charge is -2.37. The first-order valence-electron chi connectivity index (χ1n) is 6.55. The van der Waals surface area contributed by atoms with Crippen molar-refractivity contribution < 1.29 is 4.74 Å². The third-order valence-electron chi connectivity index (χ3n) is 3.46. The van der Waals surface area contributed by atoms with Gasteiger partial charge in [-0.3, -0.25) is 0 Å². The number of nitrogens with two attached hydrogens (primary N) is 1. The number of ether oxygens (including phenoxy) is 1. The van der Waals surface area contributed by atoms with Crippen molar-refractivity contribution in [1.29, 1.82) is 0 Å². The molecule has 2 aromatic rings. The maximum absolute atomic E-state index is 6.07. The van der Waals surface area contributed by atoms with E-state index in [2.05, 4.69) is 28.7 Å². The normalized spacial score (nSPS) is 23.8. The molecule has 1 fully saturated rings. The Labute approximate surface area is 112 Å². The van der Waals surface area contributed by atoms with Crippen molar-refractivity contribution in [3.05, 3.63) is 24.3 Å². The lowest BCUT2D eigenvalue weighted by molar-refractivity contribution is 0.0341. The molecule has 3 rings (SSSR count). The number of benzene rings is 1. The third kappa shape index (κ3) is 2.21. The van der Waals surface area contributed by atoms with Gasteiger partial charge in [-0.05, 0) is 26.0 Å². The van der Waals surface area contributed by atoms with Gasteiger partial charge in [0.25, 0.3) is 0 Å². The van der Waals surface area contributed by atoms with E-state index >= 15 is 0 Å². The van der Waals surface area contributed by atoms with Crippen molar-refractivity contribution in [1.82, 2.24) is 9.97 Å². The van der Waals surface area contributed by atoms with Gasteiger partial charge in [0.1, 0.15) is 0 Å². The number of hydrogen-bond acceptors (Lipinski definition) is 5. The number of nitrogens with zero attached hydrogens (tertiary/aromatic N) is 3. The molecule has 2 heterocycles. The van der Waals surface area contributed by atoms with E-state index in [1.165, 1.54) is 0 Å². The molecule has 1 aromatic heterocycles. The van der Waals surface area contributed by atoms with Gasteiger partial charge in [-0.1, -0.05) is 12.1 Å². The molecule has 0 bridgehead atoms. The molecular formula is C14H18N4O. The molecule has 2 atom stereocenters. The van der Waals surface area contributed by atoms with E-state index in [0.717, 1.165) is 23.4 Å². The lowest BCUT2D eigenvalue weighted by Crippen LogP contribution is -2.48. The maximum Gasteiger partial charge on any atom is 0.172 e. The summed E-state index contributed by atoms with van der Waals surface area (Å²) in [6, 6.07) is 8.04. The van der Waals surface area contributed by atoms with Crippen molar-refractivity contribution in [2.24, 2.45) is 0 Å². The average molecular weight is 258 g/mol. The number of rotatable bonds is 1. The molecule has 2 unspecified atom stereocenters. The van der Waals surface area contributed by atoms with Crippen LogP contribution >= 0.6 is 0 Å². The molecule has 0 saturated carbocycles. The SMILES string of the molecule is CC1CN(c2nc3ccccc3nc2N)C(C)CO1. The Morgan fingerprint density at radius 2 is 1.89 bits per heavy atom. The van der Waals surface area contributed by atoms with Gasteiger partial charge in [0.15, 0.2) is 11.6 Å². The third-order valence-corrected chi connectivity index (χ3v) is 3.46. The van der Waals surface area contributed by atoms with Gasteiger partial charge < -0.3 is 15.4 Å². The lowest BCUT2D eigenvalue weighted by atomic mass is 10.2. The van der Waals surface area contributed by atoms with Crippen LogP contribution in [0.2, 0.25) is 0 Å². The zero-order chi connectivity index (χ0) is 13.4. The molecule has 1 aliphatic heterocycles. The Balaban J connectivity index is 2.06. The monoisotopic (exact) mass is 258 g/mol. The van der Waals surface area contributed by atoms with E-state index in [0.29, 0.717) is 12.4 Å². The first kappa shape index (κ1) is 12.2. The Bertz CT molecular complexity index is 601. The molecule has 5 nitrogen and oxygen atoms in total. The zero-order valence-electron chi connectivity index (χ0n) is 11.2. The summed E-state index contributed by atoms with van der Waals surface area (Å²) in [7, 11) is 0. The average Bonchev–Trinajstić information content (AvgIpc) is 2.41. The maximum atomic E-state index is 6.07. The van der Waals surface area contributed by atoms with Crippen LogP contribution in [0.1, 0.15) is 13.8 Å². The summed E-state index contributed by atoms with van der Waals surface area (Å²) in [5.74, 6) is 1.25. The van der Waals surface area contributed by atoms with Crippen molar-refractivity contribution >= 4 is 22.7 Å². The molecule has 5 heteroatoms.